The number of nitrogens with zero attached hydrogens (tertiary/aromatic N) is 1. The lowest BCUT2D eigenvalue weighted by Gasteiger charge is -2.25. The van der Waals surface area contributed by atoms with Gasteiger partial charge in [0, 0.05) is 7.05 Å². The Bertz CT molecular complexity index is 340. The maximum atomic E-state index is 11.8. The molecular formula is C10H13NO3. The number of hydrogen-bond acceptors (Lipinski definition) is 3. The van der Waals surface area contributed by atoms with Gasteiger partial charge < -0.3 is 4.74 Å². The second kappa shape index (κ2) is 2.19. The van der Waals surface area contributed by atoms with E-state index < -0.39 is 0 Å². The van der Waals surface area contributed by atoms with E-state index in [9.17, 15) is 9.59 Å². The first kappa shape index (κ1) is 8.41. The largest absolute Gasteiger partial charge is 0.370 e. The van der Waals surface area contributed by atoms with Gasteiger partial charge in [-0.25, -0.2) is 0 Å². The molecule has 3 aliphatic rings. The molecule has 0 radical (unpaired) electrons. The van der Waals surface area contributed by atoms with Gasteiger partial charge in [-0.15, -0.1) is 0 Å². The fourth-order valence-electron chi connectivity index (χ4n) is 3.23. The van der Waals surface area contributed by atoms with Crippen LogP contribution >= 0.6 is 0 Å². The normalized spacial score (nSPS) is 50.4. The zero-order chi connectivity index (χ0) is 10.1. The molecule has 0 aromatic carbocycles. The van der Waals surface area contributed by atoms with Crippen molar-refractivity contribution in [3.8, 4) is 0 Å². The van der Waals surface area contributed by atoms with Crippen LogP contribution in [0.4, 0.5) is 0 Å². The van der Waals surface area contributed by atoms with Crippen LogP contribution in [0.25, 0.3) is 0 Å². The summed E-state index contributed by atoms with van der Waals surface area (Å²) in [5, 5.41) is 0. The number of fused-ring (bicyclic) bond motifs is 5. The standard InChI is InChI=1S/C10H13NO3/c1-10-4-3-5(14-10)6-7(10)9(13)11(2)8(6)12/h5-7H,3-4H2,1-2H3/t5-,6-,7-,10+/m1/s1. The second-order valence-electron chi connectivity index (χ2n) is 4.75. The molecule has 4 nitrogen and oxygen atoms in total. The number of imide groups is 1. The highest BCUT2D eigenvalue weighted by Crippen LogP contribution is 2.54. The zero-order valence-electron chi connectivity index (χ0n) is 8.32. The van der Waals surface area contributed by atoms with E-state index in [1.165, 1.54) is 4.90 Å². The van der Waals surface area contributed by atoms with Crippen LogP contribution in [0, 0.1) is 11.8 Å². The highest BCUT2D eigenvalue weighted by atomic mass is 16.5. The van der Waals surface area contributed by atoms with Gasteiger partial charge in [0.1, 0.15) is 0 Å². The number of carbonyl (C=O) groups is 2. The highest BCUT2D eigenvalue weighted by molar-refractivity contribution is 6.06. The third-order valence-electron chi connectivity index (χ3n) is 3.98. The molecule has 3 saturated heterocycles. The Hall–Kier alpha value is -0.900. The summed E-state index contributed by atoms with van der Waals surface area (Å²) in [5.41, 5.74) is -0.368. The number of rotatable bonds is 0. The molecule has 0 spiro atoms. The number of amides is 2. The predicted molar refractivity (Wildman–Crippen MR) is 47.3 cm³/mol. The topological polar surface area (TPSA) is 46.6 Å². The first-order valence-electron chi connectivity index (χ1n) is 5.04. The Morgan fingerprint density at radius 2 is 2.14 bits per heavy atom. The lowest BCUT2D eigenvalue weighted by molar-refractivity contribution is -0.142. The zero-order valence-corrected chi connectivity index (χ0v) is 8.32. The molecule has 2 bridgehead atoms. The molecule has 2 amide bonds. The van der Waals surface area contributed by atoms with Gasteiger partial charge in [-0.2, -0.15) is 0 Å². The summed E-state index contributed by atoms with van der Waals surface area (Å²) in [6.45, 7) is 1.96. The van der Waals surface area contributed by atoms with Crippen LogP contribution in [0.15, 0.2) is 0 Å². The van der Waals surface area contributed by atoms with Gasteiger partial charge in [-0.1, -0.05) is 0 Å². The molecule has 0 saturated carbocycles. The van der Waals surface area contributed by atoms with Crippen LogP contribution < -0.4 is 0 Å². The van der Waals surface area contributed by atoms with E-state index in [1.807, 2.05) is 6.92 Å². The van der Waals surface area contributed by atoms with Gasteiger partial charge in [0.15, 0.2) is 0 Å². The molecule has 0 aliphatic carbocycles. The van der Waals surface area contributed by atoms with Crippen molar-refractivity contribution in [2.75, 3.05) is 7.05 Å². The lowest BCUT2D eigenvalue weighted by Crippen LogP contribution is -2.38. The van der Waals surface area contributed by atoms with Gasteiger partial charge in [0.2, 0.25) is 11.8 Å². The van der Waals surface area contributed by atoms with Crippen molar-refractivity contribution in [1.82, 2.24) is 4.90 Å². The van der Waals surface area contributed by atoms with Crippen molar-refractivity contribution in [1.29, 1.82) is 0 Å². The Labute approximate surface area is 82.2 Å². The maximum Gasteiger partial charge on any atom is 0.235 e. The minimum absolute atomic E-state index is 0.00796. The molecule has 0 unspecified atom stereocenters. The van der Waals surface area contributed by atoms with E-state index in [0.29, 0.717) is 0 Å². The van der Waals surface area contributed by atoms with Crippen LogP contribution in [0.3, 0.4) is 0 Å². The summed E-state index contributed by atoms with van der Waals surface area (Å²) in [6, 6.07) is 0. The molecule has 3 heterocycles. The lowest BCUT2D eigenvalue weighted by atomic mass is 9.74. The van der Waals surface area contributed by atoms with E-state index in [2.05, 4.69) is 0 Å². The van der Waals surface area contributed by atoms with Crippen molar-refractivity contribution in [2.24, 2.45) is 11.8 Å². The Morgan fingerprint density at radius 3 is 2.79 bits per heavy atom. The molecule has 4 heteroatoms. The van der Waals surface area contributed by atoms with E-state index in [0.717, 1.165) is 12.8 Å². The van der Waals surface area contributed by atoms with Gasteiger partial charge in [-0.05, 0) is 19.8 Å². The molecule has 0 aromatic heterocycles. The molecule has 14 heavy (non-hydrogen) atoms. The molecule has 0 aromatic rings. The van der Waals surface area contributed by atoms with Crippen LogP contribution in [0.2, 0.25) is 0 Å². The Morgan fingerprint density at radius 1 is 1.43 bits per heavy atom. The first-order valence-corrected chi connectivity index (χ1v) is 5.04. The summed E-state index contributed by atoms with van der Waals surface area (Å²) in [5.74, 6) is -0.497. The van der Waals surface area contributed by atoms with E-state index >= 15 is 0 Å². The highest BCUT2D eigenvalue weighted by Gasteiger charge is 2.66. The summed E-state index contributed by atoms with van der Waals surface area (Å²) < 4.78 is 5.75. The van der Waals surface area contributed by atoms with Crippen molar-refractivity contribution >= 4 is 11.8 Å². The van der Waals surface area contributed by atoms with Crippen molar-refractivity contribution in [3.05, 3.63) is 0 Å². The molecule has 4 atom stereocenters. The molecular weight excluding hydrogens is 182 g/mol. The summed E-state index contributed by atoms with van der Waals surface area (Å²) in [4.78, 5) is 24.8. The van der Waals surface area contributed by atoms with E-state index in [1.54, 1.807) is 7.05 Å². The summed E-state index contributed by atoms with van der Waals surface area (Å²) in [7, 11) is 1.58. The smallest absolute Gasteiger partial charge is 0.235 e. The van der Waals surface area contributed by atoms with Crippen LogP contribution in [-0.2, 0) is 14.3 Å². The Kier molecular flexibility index (Phi) is 1.31. The fraction of sp³-hybridized carbons (Fsp3) is 0.800. The quantitative estimate of drug-likeness (QED) is 0.517. The number of likely N-dealkylation sites (tertiary alicyclic amines) is 1. The van der Waals surface area contributed by atoms with Crippen LogP contribution in [0.5, 0.6) is 0 Å². The van der Waals surface area contributed by atoms with E-state index in [4.69, 9.17) is 4.74 Å². The molecule has 76 valence electrons. The van der Waals surface area contributed by atoms with Gasteiger partial charge >= 0.3 is 0 Å². The monoisotopic (exact) mass is 195 g/mol. The molecule has 3 aliphatic heterocycles. The first-order chi connectivity index (χ1) is 6.54. The SMILES string of the molecule is CN1C(=O)[C@@H]2[C@H]3CC[C@](C)(O3)[C@H]2C1=O. The number of carbonyl (C=O) groups excluding carboxylic acids is 2. The molecule has 3 rings (SSSR count). The van der Waals surface area contributed by atoms with Gasteiger partial charge in [0.05, 0.1) is 23.5 Å². The minimum atomic E-state index is -0.368. The van der Waals surface area contributed by atoms with Gasteiger partial charge in [-0.3, -0.25) is 14.5 Å². The number of ether oxygens (including phenoxy) is 1. The average molecular weight is 195 g/mol. The summed E-state index contributed by atoms with van der Waals surface area (Å²) >= 11 is 0. The second-order valence-corrected chi connectivity index (χ2v) is 4.75. The van der Waals surface area contributed by atoms with Crippen molar-refractivity contribution in [3.63, 3.8) is 0 Å². The van der Waals surface area contributed by atoms with Gasteiger partial charge in [0.25, 0.3) is 0 Å². The molecule has 3 fully saturated rings. The summed E-state index contributed by atoms with van der Waals surface area (Å²) in [6.07, 6.45) is 1.82. The van der Waals surface area contributed by atoms with Crippen molar-refractivity contribution < 1.29 is 14.3 Å². The molecule has 0 N–H and O–H groups in total. The van der Waals surface area contributed by atoms with E-state index in [-0.39, 0.29) is 35.4 Å². The van der Waals surface area contributed by atoms with Crippen LogP contribution in [-0.4, -0.2) is 35.5 Å². The minimum Gasteiger partial charge on any atom is -0.370 e. The average Bonchev–Trinajstić information content (AvgIpc) is 2.72. The van der Waals surface area contributed by atoms with Crippen LogP contribution in [0.1, 0.15) is 19.8 Å². The third-order valence-corrected chi connectivity index (χ3v) is 3.98. The Balaban J connectivity index is 2.08. The number of hydrogen-bond donors (Lipinski definition) is 0. The maximum absolute atomic E-state index is 11.8. The third kappa shape index (κ3) is 0.704. The fourth-order valence-corrected chi connectivity index (χ4v) is 3.23. The van der Waals surface area contributed by atoms with Crippen molar-refractivity contribution in [2.45, 2.75) is 31.5 Å². The predicted octanol–water partition coefficient (Wildman–Crippen LogP) is 0.169.